The number of anilines is 1. The number of hydrogen-bond acceptors (Lipinski definition) is 7. The molecule has 0 unspecified atom stereocenters. The van der Waals surface area contributed by atoms with Crippen molar-refractivity contribution in [3.05, 3.63) is 87.3 Å². The minimum absolute atomic E-state index is 0.172. The van der Waals surface area contributed by atoms with E-state index in [2.05, 4.69) is 4.98 Å². The number of rotatable bonds is 3. The van der Waals surface area contributed by atoms with Gasteiger partial charge in [0.1, 0.15) is 22.8 Å². The van der Waals surface area contributed by atoms with Crippen LogP contribution in [-0.4, -0.2) is 40.8 Å². The molecule has 0 saturated carbocycles. The second kappa shape index (κ2) is 8.80. The van der Waals surface area contributed by atoms with Gasteiger partial charge in [-0.15, -0.1) is 0 Å². The molecule has 2 aromatic carbocycles. The van der Waals surface area contributed by atoms with Crippen LogP contribution in [0.4, 0.5) is 10.1 Å². The van der Waals surface area contributed by atoms with E-state index < -0.39 is 15.6 Å². The van der Waals surface area contributed by atoms with Crippen molar-refractivity contribution >= 4 is 59.5 Å². The molecular weight excluding hydrogens is 589 g/mol. The summed E-state index contributed by atoms with van der Waals surface area (Å²) >= 11 is 0. The number of aryl methyl sites for hydroxylation is 1. The molecule has 1 N–H and O–H groups in total. The van der Waals surface area contributed by atoms with E-state index in [1.807, 2.05) is 4.57 Å². The van der Waals surface area contributed by atoms with Crippen LogP contribution in [0.15, 0.2) is 74.8 Å². The van der Waals surface area contributed by atoms with Crippen LogP contribution in [0.5, 0.6) is 5.75 Å². The summed E-state index contributed by atoms with van der Waals surface area (Å²) in [7, 11) is -0.753. The fraction of sp³-hybridized carbons (Fsp3) is 0.129. The van der Waals surface area contributed by atoms with Gasteiger partial charge in [-0.25, -0.2) is 17.8 Å². The van der Waals surface area contributed by atoms with Crippen molar-refractivity contribution in [3.8, 4) is 28.4 Å². The first kappa shape index (κ1) is 26.2. The van der Waals surface area contributed by atoms with Crippen molar-refractivity contribution in [3.63, 3.8) is 0 Å². The van der Waals surface area contributed by atoms with E-state index >= 15 is 0 Å². The summed E-state index contributed by atoms with van der Waals surface area (Å²) in [6.45, 7) is 0.172. The van der Waals surface area contributed by atoms with Gasteiger partial charge in [0.15, 0.2) is 12.3 Å². The zero-order valence-corrected chi connectivity index (χ0v) is 24.3. The highest BCUT2D eigenvalue weighted by molar-refractivity contribution is 7.92. The molecule has 0 fully saturated rings. The number of benzene rings is 2. The Morgan fingerprint density at radius 2 is 1.86 bits per heavy atom. The number of H-pyrrole nitrogens is 1. The van der Waals surface area contributed by atoms with Gasteiger partial charge in [-0.05, 0) is 36.4 Å². The van der Waals surface area contributed by atoms with Gasteiger partial charge in [0.25, 0.3) is 11.1 Å². The molecule has 1 aliphatic heterocycles. The Morgan fingerprint density at radius 1 is 1.05 bits per heavy atom. The number of ether oxygens (including phenoxy) is 1. The lowest BCUT2D eigenvalue weighted by Gasteiger charge is -2.23. The molecule has 1 aliphatic rings. The third-order valence-electron chi connectivity index (χ3n) is 8.21. The molecule has 7 aromatic rings. The maximum Gasteiger partial charge on any atom is 0.260 e. The Labute approximate surface area is 247 Å². The lowest BCUT2D eigenvalue weighted by molar-refractivity contribution is 0.234. The van der Waals surface area contributed by atoms with E-state index in [1.165, 1.54) is 29.9 Å². The van der Waals surface area contributed by atoms with Crippen molar-refractivity contribution in [2.45, 2.75) is 6.73 Å². The van der Waals surface area contributed by atoms with Gasteiger partial charge in [-0.2, -0.15) is 0 Å². The molecule has 0 spiro atoms. The van der Waals surface area contributed by atoms with Crippen LogP contribution < -0.4 is 20.2 Å². The fourth-order valence-electron chi connectivity index (χ4n) is 5.91. The summed E-state index contributed by atoms with van der Waals surface area (Å²) in [5, 5.41) is 1.47. The molecule has 6 heterocycles. The standard InChI is InChI=1S/C31H22FN5O6S/c1-35-13-21-17(11-27(35)38)30-28(31(39)34-21)18-9-16(23(12-26(18)43-30)36(2)44(3,40)41)20-7-8-25-29(33-20)24-10-15-19(32)5-4-6-22(15)37(24)14-42-25/h4-13H,14H2,1-3H3,(H,34,39). The Morgan fingerprint density at radius 3 is 2.66 bits per heavy atom. The minimum atomic E-state index is -3.74. The summed E-state index contributed by atoms with van der Waals surface area (Å²) in [5.41, 5.74) is 2.96. The summed E-state index contributed by atoms with van der Waals surface area (Å²) in [6, 6.07) is 14.5. The van der Waals surface area contributed by atoms with Gasteiger partial charge < -0.3 is 23.3 Å². The van der Waals surface area contributed by atoms with Crippen molar-refractivity contribution < 1.29 is 22.0 Å². The van der Waals surface area contributed by atoms with Crippen molar-refractivity contribution in [2.75, 3.05) is 17.6 Å². The SMILES string of the molecule is CN(c1cc2oc3c4cc(=O)n(C)cc4[nH]c(=O)c3c2cc1-c1ccc2c(n1)-c1cc3c(F)cccc3n1CO2)S(C)(=O)=O. The van der Waals surface area contributed by atoms with Crippen LogP contribution in [0.25, 0.3) is 66.4 Å². The number of nitrogens with one attached hydrogen (secondary N) is 1. The Balaban J connectivity index is 1.43. The second-order valence-corrected chi connectivity index (χ2v) is 12.9. The average molecular weight is 612 g/mol. The number of furan rings is 1. The number of fused-ring (bicyclic) bond motifs is 10. The largest absolute Gasteiger partial charge is 0.470 e. The van der Waals surface area contributed by atoms with Crippen LogP contribution in [0.3, 0.4) is 0 Å². The van der Waals surface area contributed by atoms with Crippen LogP contribution in [0.2, 0.25) is 0 Å². The number of pyridine rings is 3. The third-order valence-corrected chi connectivity index (χ3v) is 9.40. The average Bonchev–Trinajstić information content (AvgIpc) is 3.56. The van der Waals surface area contributed by atoms with Gasteiger partial charge in [0.05, 0.1) is 39.8 Å². The molecule has 13 heteroatoms. The van der Waals surface area contributed by atoms with Crippen LogP contribution >= 0.6 is 0 Å². The normalized spacial score (nSPS) is 13.0. The molecule has 0 radical (unpaired) electrons. The van der Waals surface area contributed by atoms with E-state index in [0.29, 0.717) is 55.6 Å². The zero-order chi connectivity index (χ0) is 30.7. The second-order valence-electron chi connectivity index (χ2n) is 10.9. The quantitative estimate of drug-likeness (QED) is 0.307. The van der Waals surface area contributed by atoms with Crippen molar-refractivity contribution in [1.82, 2.24) is 19.1 Å². The monoisotopic (exact) mass is 611 g/mol. The van der Waals surface area contributed by atoms with Crippen molar-refractivity contribution in [2.24, 2.45) is 7.05 Å². The first-order valence-corrected chi connectivity index (χ1v) is 15.3. The lowest BCUT2D eigenvalue weighted by atomic mass is 10.0. The molecule has 220 valence electrons. The van der Waals surface area contributed by atoms with Gasteiger partial charge in [-0.1, -0.05) is 6.07 Å². The summed E-state index contributed by atoms with van der Waals surface area (Å²) in [5.74, 6) is 0.119. The molecule has 0 bridgehead atoms. The molecule has 0 saturated heterocycles. The Bertz CT molecular complexity index is 2630. The first-order valence-electron chi connectivity index (χ1n) is 13.5. The number of hydrogen-bond donors (Lipinski definition) is 1. The van der Waals surface area contributed by atoms with Gasteiger partial charge in [0.2, 0.25) is 10.0 Å². The Kier molecular flexibility index (Phi) is 5.24. The van der Waals surface area contributed by atoms with Gasteiger partial charge >= 0.3 is 0 Å². The van der Waals surface area contributed by atoms with Crippen LogP contribution in [-0.2, 0) is 23.8 Å². The molecule has 11 nitrogen and oxygen atoms in total. The minimum Gasteiger partial charge on any atom is -0.470 e. The lowest BCUT2D eigenvalue weighted by Crippen LogP contribution is -2.25. The van der Waals surface area contributed by atoms with Gasteiger partial charge in [-0.3, -0.25) is 13.9 Å². The summed E-state index contributed by atoms with van der Waals surface area (Å²) in [4.78, 5) is 33.5. The van der Waals surface area contributed by atoms with Crippen LogP contribution in [0, 0.1) is 5.82 Å². The predicted octanol–water partition coefficient (Wildman–Crippen LogP) is 4.69. The molecule has 5 aromatic heterocycles. The van der Waals surface area contributed by atoms with E-state index in [1.54, 1.807) is 49.5 Å². The molecule has 0 aliphatic carbocycles. The number of sulfonamides is 1. The molecular formula is C31H22FN5O6S. The van der Waals surface area contributed by atoms with Crippen molar-refractivity contribution in [1.29, 1.82) is 0 Å². The number of aromatic nitrogens is 4. The molecule has 8 rings (SSSR count). The van der Waals surface area contributed by atoms with Gasteiger partial charge in [0, 0.05) is 54.1 Å². The predicted molar refractivity (Wildman–Crippen MR) is 165 cm³/mol. The summed E-state index contributed by atoms with van der Waals surface area (Å²) in [6.07, 6.45) is 2.60. The fourth-order valence-corrected chi connectivity index (χ4v) is 6.42. The van der Waals surface area contributed by atoms with E-state index in [0.717, 1.165) is 10.6 Å². The van der Waals surface area contributed by atoms with E-state index in [9.17, 15) is 22.4 Å². The maximum atomic E-state index is 14.7. The zero-order valence-electron chi connectivity index (χ0n) is 23.5. The smallest absolute Gasteiger partial charge is 0.260 e. The third kappa shape index (κ3) is 3.65. The molecule has 0 amide bonds. The molecule has 44 heavy (non-hydrogen) atoms. The van der Waals surface area contributed by atoms with E-state index in [4.69, 9.17) is 14.1 Å². The topological polar surface area (TPSA) is 132 Å². The highest BCUT2D eigenvalue weighted by Crippen LogP contribution is 2.43. The first-order chi connectivity index (χ1) is 21.0. The number of aromatic amines is 1. The molecule has 0 atom stereocenters. The Hall–Kier alpha value is -5.43. The highest BCUT2D eigenvalue weighted by Gasteiger charge is 2.26. The van der Waals surface area contributed by atoms with Crippen LogP contribution in [0.1, 0.15) is 0 Å². The summed E-state index contributed by atoms with van der Waals surface area (Å²) < 4.78 is 56.6. The number of nitrogens with zero attached hydrogens (tertiary/aromatic N) is 4. The highest BCUT2D eigenvalue weighted by atomic mass is 32.2. The van der Waals surface area contributed by atoms with E-state index in [-0.39, 0.29) is 40.3 Å². The number of halogens is 1. The maximum absolute atomic E-state index is 14.7.